The van der Waals surface area contributed by atoms with E-state index in [9.17, 15) is 4.79 Å². The van der Waals surface area contributed by atoms with Crippen LogP contribution in [0.5, 0.6) is 0 Å². The first-order valence-corrected chi connectivity index (χ1v) is 10.3. The van der Waals surface area contributed by atoms with E-state index in [-0.39, 0.29) is 12.1 Å². The summed E-state index contributed by atoms with van der Waals surface area (Å²) in [6, 6.07) is 0. The number of rotatable bonds is 15. The molecule has 0 bridgehead atoms. The van der Waals surface area contributed by atoms with Crippen LogP contribution in [0.15, 0.2) is 17.1 Å². The van der Waals surface area contributed by atoms with Crippen LogP contribution < -0.4 is 6.15 Å². The minimum absolute atomic E-state index is 0. The third-order valence-corrected chi connectivity index (χ3v) is 4.66. The Labute approximate surface area is 155 Å². The van der Waals surface area contributed by atoms with Crippen molar-refractivity contribution in [2.45, 2.75) is 96.8 Å². The Morgan fingerprint density at radius 2 is 1.48 bits per heavy atom. The maximum Gasteiger partial charge on any atom is 0.227 e. The van der Waals surface area contributed by atoms with Crippen molar-refractivity contribution in [3.63, 3.8) is 0 Å². The molecule has 0 saturated heterocycles. The van der Waals surface area contributed by atoms with Crippen molar-refractivity contribution < 1.29 is 4.79 Å². The molecule has 0 fully saturated rings. The zero-order valence-corrected chi connectivity index (χ0v) is 16.6. The predicted molar refractivity (Wildman–Crippen MR) is 110 cm³/mol. The zero-order valence-electron chi connectivity index (χ0n) is 16.6. The minimum atomic E-state index is 0. The van der Waals surface area contributed by atoms with Gasteiger partial charge >= 0.3 is 0 Å². The van der Waals surface area contributed by atoms with E-state index < -0.39 is 0 Å². The lowest BCUT2D eigenvalue weighted by molar-refractivity contribution is -0.126. The van der Waals surface area contributed by atoms with Gasteiger partial charge in [-0.1, -0.05) is 70.4 Å². The van der Waals surface area contributed by atoms with Gasteiger partial charge in [0.25, 0.3) is 0 Å². The minimum Gasteiger partial charge on any atom is -0.344 e. The zero-order chi connectivity index (χ0) is 17.3. The number of hydrogen-bond acceptors (Lipinski definition) is 3. The Balaban J connectivity index is 0.00000576. The van der Waals surface area contributed by atoms with Crippen molar-refractivity contribution >= 4 is 12.2 Å². The maximum absolute atomic E-state index is 11.8. The number of hydrogen-bond donors (Lipinski definition) is 1. The number of unbranched alkanes of at least 4 members (excludes halogenated alkanes) is 11. The topological polar surface area (TPSA) is 67.7 Å². The lowest BCUT2D eigenvalue weighted by atomic mass is 10.1. The lowest BCUT2D eigenvalue weighted by Gasteiger charge is -2.11. The van der Waals surface area contributed by atoms with Crippen molar-refractivity contribution in [1.29, 1.82) is 0 Å². The third kappa shape index (κ3) is 13.8. The predicted octanol–water partition coefficient (Wildman–Crippen LogP) is 6.06. The van der Waals surface area contributed by atoms with Crippen molar-refractivity contribution in [3.05, 3.63) is 12.2 Å². The first kappa shape index (κ1) is 23.8. The largest absolute Gasteiger partial charge is 0.344 e. The van der Waals surface area contributed by atoms with E-state index in [1.807, 2.05) is 0 Å². The molecule has 1 amide bonds. The molecule has 0 aliphatic carbocycles. The quantitative estimate of drug-likeness (QED) is 0.288. The van der Waals surface area contributed by atoms with Gasteiger partial charge in [-0.2, -0.15) is 0 Å². The molecule has 1 aliphatic rings. The summed E-state index contributed by atoms with van der Waals surface area (Å²) in [7, 11) is 0. The van der Waals surface area contributed by atoms with Crippen LogP contribution in [0.2, 0.25) is 0 Å². The van der Waals surface area contributed by atoms with Gasteiger partial charge in [-0.25, -0.2) is 0 Å². The molecule has 3 N–H and O–H groups in total. The van der Waals surface area contributed by atoms with Crippen LogP contribution in [-0.4, -0.2) is 30.2 Å². The molecule has 0 spiro atoms. The fourth-order valence-corrected chi connectivity index (χ4v) is 3.06. The second-order valence-corrected chi connectivity index (χ2v) is 6.94. The molecule has 0 aromatic heterocycles. The Kier molecular flexibility index (Phi) is 16.8. The average molecular weight is 352 g/mol. The molecule has 4 heteroatoms. The number of carbonyl (C=O) groups excluding carboxylic acids is 1. The second-order valence-electron chi connectivity index (χ2n) is 6.94. The molecule has 25 heavy (non-hydrogen) atoms. The van der Waals surface area contributed by atoms with Crippen LogP contribution in [0.4, 0.5) is 0 Å². The molecule has 0 aromatic rings. The van der Waals surface area contributed by atoms with E-state index in [0.29, 0.717) is 6.42 Å². The first-order chi connectivity index (χ1) is 11.8. The van der Waals surface area contributed by atoms with Gasteiger partial charge in [0.05, 0.1) is 12.9 Å². The van der Waals surface area contributed by atoms with E-state index in [2.05, 4.69) is 24.1 Å². The Morgan fingerprint density at radius 3 is 2.04 bits per heavy atom. The van der Waals surface area contributed by atoms with Crippen LogP contribution in [0.25, 0.3) is 0 Å². The fraction of sp³-hybridized carbons (Fsp3) is 0.810. The molecule has 0 atom stereocenters. The van der Waals surface area contributed by atoms with E-state index in [0.717, 1.165) is 19.5 Å². The van der Waals surface area contributed by atoms with Gasteiger partial charge in [-0.15, -0.1) is 0 Å². The van der Waals surface area contributed by atoms with Gasteiger partial charge in [0.15, 0.2) is 0 Å². The third-order valence-electron chi connectivity index (χ3n) is 4.66. The van der Waals surface area contributed by atoms with Gasteiger partial charge in [0.1, 0.15) is 0 Å². The number of nitrogens with zero attached hydrogens (tertiary/aromatic N) is 2. The van der Waals surface area contributed by atoms with Crippen molar-refractivity contribution in [2.75, 3.05) is 13.1 Å². The summed E-state index contributed by atoms with van der Waals surface area (Å²) in [5.41, 5.74) is 0. The van der Waals surface area contributed by atoms with E-state index in [1.54, 1.807) is 11.2 Å². The highest BCUT2D eigenvalue weighted by Gasteiger charge is 2.13. The molecule has 4 nitrogen and oxygen atoms in total. The van der Waals surface area contributed by atoms with Crippen LogP contribution in [0.3, 0.4) is 0 Å². The van der Waals surface area contributed by atoms with Gasteiger partial charge in [0, 0.05) is 13.0 Å². The van der Waals surface area contributed by atoms with Crippen molar-refractivity contribution in [3.8, 4) is 0 Å². The molecule has 1 heterocycles. The van der Waals surface area contributed by atoms with Crippen LogP contribution in [0, 0.1) is 0 Å². The second kappa shape index (κ2) is 17.7. The normalized spacial score (nSPS) is 13.6. The summed E-state index contributed by atoms with van der Waals surface area (Å²) in [4.78, 5) is 17.6. The highest BCUT2D eigenvalue weighted by molar-refractivity contribution is 5.88. The summed E-state index contributed by atoms with van der Waals surface area (Å²) in [5, 5.41) is 0. The Morgan fingerprint density at radius 1 is 0.920 bits per heavy atom. The van der Waals surface area contributed by atoms with Gasteiger partial charge < -0.3 is 11.1 Å². The van der Waals surface area contributed by atoms with E-state index in [1.165, 1.54) is 77.0 Å². The first-order valence-electron chi connectivity index (χ1n) is 10.3. The average Bonchev–Trinajstić information content (AvgIpc) is 3.13. The molecule has 146 valence electrons. The summed E-state index contributed by atoms with van der Waals surface area (Å²) in [5.74, 6) is 0.244. The van der Waals surface area contributed by atoms with E-state index in [4.69, 9.17) is 0 Å². The highest BCUT2D eigenvalue weighted by atomic mass is 16.2. The summed E-state index contributed by atoms with van der Waals surface area (Å²) >= 11 is 0. The Bertz CT molecular complexity index is 366. The molecule has 1 aliphatic heterocycles. The molecule has 1 rings (SSSR count). The maximum atomic E-state index is 11.8. The van der Waals surface area contributed by atoms with Gasteiger partial charge in [-0.3, -0.25) is 9.79 Å². The lowest BCUT2D eigenvalue weighted by Crippen LogP contribution is -2.27. The van der Waals surface area contributed by atoms with E-state index >= 15 is 0 Å². The molecular weight excluding hydrogens is 310 g/mol. The monoisotopic (exact) mass is 351 g/mol. The standard InChI is InChI=1S/C21H38N2O.H3N/c1-2-3-4-5-6-7-8-9-10-11-12-13-14-15-16-17-21(24)23-19-18-22-20-23;/h9-10,20H,2-8,11-19H2,1H3;1H3. The summed E-state index contributed by atoms with van der Waals surface area (Å²) < 4.78 is 0. The van der Waals surface area contributed by atoms with Crippen LogP contribution in [0.1, 0.15) is 96.8 Å². The van der Waals surface area contributed by atoms with Crippen LogP contribution in [-0.2, 0) is 4.79 Å². The smallest absolute Gasteiger partial charge is 0.227 e. The summed E-state index contributed by atoms with van der Waals surface area (Å²) in [6.45, 7) is 3.83. The van der Waals surface area contributed by atoms with Gasteiger partial charge in [-0.05, 0) is 32.1 Å². The Hall–Kier alpha value is -1.16. The number of amides is 1. The summed E-state index contributed by atoms with van der Waals surface area (Å²) in [6.07, 6.45) is 24.0. The van der Waals surface area contributed by atoms with Crippen molar-refractivity contribution in [1.82, 2.24) is 11.1 Å². The number of allylic oxidation sites excluding steroid dienone is 2. The molecule has 0 aromatic carbocycles. The molecule has 0 unspecified atom stereocenters. The van der Waals surface area contributed by atoms with Crippen molar-refractivity contribution in [2.24, 2.45) is 4.99 Å². The SMILES string of the molecule is CCCCCCCCC=CCCCCCCCC(=O)N1C=NCC1.N. The fourth-order valence-electron chi connectivity index (χ4n) is 3.06. The highest BCUT2D eigenvalue weighted by Crippen LogP contribution is 2.10. The molecular formula is C21H41N3O. The molecule has 0 saturated carbocycles. The number of aliphatic imine (C=N–C) groups is 1. The number of carbonyl (C=O) groups is 1. The van der Waals surface area contributed by atoms with Crippen LogP contribution >= 0.6 is 0 Å². The molecule has 0 radical (unpaired) electrons. The van der Waals surface area contributed by atoms with Gasteiger partial charge in [0.2, 0.25) is 5.91 Å².